The zero-order chi connectivity index (χ0) is 28.7. The first-order chi connectivity index (χ1) is 18.1. The number of carbonyl (C=O) groups excluding carboxylic acids is 2. The average molecular weight is 598 g/mol. The lowest BCUT2D eigenvalue weighted by Gasteiger charge is -2.36. The number of nitrogens with one attached hydrogen (secondary N) is 2. The largest absolute Gasteiger partial charge is 0.481 e. The Balaban J connectivity index is 1.65. The van der Waals surface area contributed by atoms with Gasteiger partial charge in [0.05, 0.1) is 34.9 Å². The van der Waals surface area contributed by atoms with Crippen LogP contribution in [0.3, 0.4) is 0 Å². The fourth-order valence-electron chi connectivity index (χ4n) is 5.87. The standard InChI is InChI=1S/C22H15Cl2F6N5O4/c23-8-2-9-16(10(24)3-8)34-19(39)20(9)15(18(37)38)14(11-1-7(6-35(11)20)21(25,26)27)17(36)33-13-5-31-4-12(32-13)22(28,29)30/h2-5,7,11,14-15H,1,6H2,(H,34,39)(H,37,38)(H,32,33,36)/t7-,11?,14?,15?,20?/m0/s1. The predicted molar refractivity (Wildman–Crippen MR) is 122 cm³/mol. The maximum absolute atomic E-state index is 13.8. The second-order valence-corrected chi connectivity index (χ2v) is 10.2. The summed E-state index contributed by atoms with van der Waals surface area (Å²) in [6, 6.07) is 0.973. The molecule has 4 unspecified atom stereocenters. The summed E-state index contributed by atoms with van der Waals surface area (Å²) in [6.07, 6.45) is -9.29. The lowest BCUT2D eigenvalue weighted by Crippen LogP contribution is -2.54. The number of aromatic nitrogens is 2. The Hall–Kier alpha value is -3.17. The SMILES string of the molecule is O=C(Nc1cncc(C(F)(F)F)n1)C1C2C[C@H](C(F)(F)F)CN2C2(C(=O)Nc3c(Cl)cc(Cl)cc32)C1C(=O)O. The van der Waals surface area contributed by atoms with E-state index >= 15 is 0 Å². The van der Waals surface area contributed by atoms with Crippen LogP contribution in [0, 0.1) is 17.8 Å². The number of carboxylic acid groups (broad SMARTS) is 1. The van der Waals surface area contributed by atoms with Crippen molar-refractivity contribution in [2.24, 2.45) is 17.8 Å². The van der Waals surface area contributed by atoms with Gasteiger partial charge in [0.2, 0.25) is 5.91 Å². The molecule has 4 heterocycles. The van der Waals surface area contributed by atoms with Gasteiger partial charge in [0.25, 0.3) is 5.91 Å². The van der Waals surface area contributed by atoms with Crippen LogP contribution < -0.4 is 10.6 Å². The van der Waals surface area contributed by atoms with Crippen LogP contribution in [0.2, 0.25) is 10.0 Å². The van der Waals surface area contributed by atoms with Crippen LogP contribution in [0.5, 0.6) is 0 Å². The first kappa shape index (κ1) is 27.4. The van der Waals surface area contributed by atoms with E-state index in [0.717, 1.165) is 11.1 Å². The van der Waals surface area contributed by atoms with Crippen molar-refractivity contribution in [2.45, 2.75) is 30.4 Å². The molecule has 3 aliphatic rings. The number of halogens is 8. The molecule has 2 saturated heterocycles. The Bertz CT molecular complexity index is 1410. The third-order valence-electron chi connectivity index (χ3n) is 7.28. The van der Waals surface area contributed by atoms with E-state index in [9.17, 15) is 45.8 Å². The minimum Gasteiger partial charge on any atom is -0.481 e. The molecule has 1 spiro atoms. The molecule has 2 amide bonds. The molecule has 3 aliphatic heterocycles. The number of aliphatic carboxylic acids is 1. The van der Waals surface area contributed by atoms with E-state index in [-0.39, 0.29) is 21.3 Å². The van der Waals surface area contributed by atoms with Crippen LogP contribution in [-0.4, -0.2) is 56.5 Å². The Morgan fingerprint density at radius 1 is 1.15 bits per heavy atom. The highest BCUT2D eigenvalue weighted by Gasteiger charge is 2.73. The molecule has 0 radical (unpaired) electrons. The summed E-state index contributed by atoms with van der Waals surface area (Å²) < 4.78 is 80.8. The quantitative estimate of drug-likeness (QED) is 0.454. The molecule has 0 aliphatic carbocycles. The van der Waals surface area contributed by atoms with Gasteiger partial charge in [-0.05, 0) is 18.6 Å². The van der Waals surface area contributed by atoms with Gasteiger partial charge in [-0.2, -0.15) is 26.3 Å². The minimum absolute atomic E-state index is 0.0472. The van der Waals surface area contributed by atoms with Gasteiger partial charge in [0.1, 0.15) is 11.5 Å². The van der Waals surface area contributed by atoms with E-state index in [1.165, 1.54) is 12.1 Å². The number of carbonyl (C=O) groups is 3. The smallest absolute Gasteiger partial charge is 0.434 e. The monoisotopic (exact) mass is 597 g/mol. The minimum atomic E-state index is -4.93. The van der Waals surface area contributed by atoms with E-state index in [4.69, 9.17) is 23.2 Å². The molecule has 39 heavy (non-hydrogen) atoms. The number of carboxylic acids is 1. The lowest BCUT2D eigenvalue weighted by molar-refractivity contribution is -0.174. The van der Waals surface area contributed by atoms with Crippen molar-refractivity contribution in [3.05, 3.63) is 45.8 Å². The van der Waals surface area contributed by atoms with E-state index in [0.29, 0.717) is 6.20 Å². The van der Waals surface area contributed by atoms with Gasteiger partial charge >= 0.3 is 18.3 Å². The summed E-state index contributed by atoms with van der Waals surface area (Å²) in [5.74, 6) is -10.5. The number of nitrogens with zero attached hydrogens (tertiary/aromatic N) is 3. The van der Waals surface area contributed by atoms with Crippen molar-refractivity contribution in [1.82, 2.24) is 14.9 Å². The molecular weight excluding hydrogens is 583 g/mol. The summed E-state index contributed by atoms with van der Waals surface area (Å²) in [4.78, 5) is 47.3. The Kier molecular flexibility index (Phi) is 6.27. The number of alkyl halides is 6. The summed E-state index contributed by atoms with van der Waals surface area (Å²) in [7, 11) is 0. The summed E-state index contributed by atoms with van der Waals surface area (Å²) in [5.41, 5.74) is -4.00. The van der Waals surface area contributed by atoms with Gasteiger partial charge in [-0.25, -0.2) is 4.98 Å². The Labute approximate surface area is 224 Å². The van der Waals surface area contributed by atoms with Gasteiger partial charge in [-0.15, -0.1) is 0 Å². The van der Waals surface area contributed by atoms with Gasteiger partial charge in [0, 0.05) is 23.2 Å². The van der Waals surface area contributed by atoms with Crippen LogP contribution in [0.1, 0.15) is 17.7 Å². The Morgan fingerprint density at radius 2 is 1.85 bits per heavy atom. The molecule has 208 valence electrons. The van der Waals surface area contributed by atoms with Crippen molar-refractivity contribution in [1.29, 1.82) is 0 Å². The summed E-state index contributed by atoms with van der Waals surface area (Å²) >= 11 is 12.3. The number of amides is 2. The third-order valence-corrected chi connectivity index (χ3v) is 7.79. The van der Waals surface area contributed by atoms with Gasteiger partial charge in [0.15, 0.2) is 11.5 Å². The molecule has 0 bridgehead atoms. The average Bonchev–Trinajstić information content (AvgIpc) is 3.45. The fraction of sp³-hybridized carbons (Fsp3) is 0.409. The van der Waals surface area contributed by atoms with E-state index in [1.54, 1.807) is 0 Å². The molecule has 3 N–H and O–H groups in total. The number of fused-ring (bicyclic) bond motifs is 4. The van der Waals surface area contributed by atoms with Gasteiger partial charge in [-0.3, -0.25) is 24.3 Å². The van der Waals surface area contributed by atoms with Crippen LogP contribution in [0.25, 0.3) is 0 Å². The zero-order valence-corrected chi connectivity index (χ0v) is 20.6. The van der Waals surface area contributed by atoms with Crippen LogP contribution >= 0.6 is 23.2 Å². The highest BCUT2D eigenvalue weighted by atomic mass is 35.5. The molecule has 1 aromatic heterocycles. The maximum atomic E-state index is 13.8. The van der Waals surface area contributed by atoms with E-state index in [2.05, 4.69) is 15.3 Å². The molecule has 5 rings (SSSR count). The zero-order valence-electron chi connectivity index (χ0n) is 19.1. The normalized spacial score (nSPS) is 28.4. The van der Waals surface area contributed by atoms with Crippen molar-refractivity contribution in [3.63, 3.8) is 0 Å². The fourth-order valence-corrected chi connectivity index (χ4v) is 6.41. The van der Waals surface area contributed by atoms with Gasteiger partial charge in [-0.1, -0.05) is 23.2 Å². The second-order valence-electron chi connectivity index (χ2n) is 9.34. The lowest BCUT2D eigenvalue weighted by atomic mass is 9.73. The summed E-state index contributed by atoms with van der Waals surface area (Å²) in [6.45, 7) is -0.831. The Morgan fingerprint density at radius 3 is 2.46 bits per heavy atom. The number of hydrogen-bond donors (Lipinski definition) is 3. The highest BCUT2D eigenvalue weighted by Crippen LogP contribution is 2.61. The van der Waals surface area contributed by atoms with Crippen LogP contribution in [0.4, 0.5) is 37.8 Å². The topological polar surface area (TPSA) is 125 Å². The predicted octanol–water partition coefficient (Wildman–Crippen LogP) is 4.17. The molecular formula is C22H15Cl2F6N5O4. The molecule has 5 atom stereocenters. The van der Waals surface area contributed by atoms with E-state index in [1.807, 2.05) is 5.32 Å². The molecule has 1 aromatic carbocycles. The molecule has 9 nitrogen and oxygen atoms in total. The number of rotatable bonds is 3. The van der Waals surface area contributed by atoms with Crippen molar-refractivity contribution < 1.29 is 45.8 Å². The number of benzene rings is 1. The molecule has 0 saturated carbocycles. The first-order valence-corrected chi connectivity index (χ1v) is 11.9. The van der Waals surface area contributed by atoms with Crippen molar-refractivity contribution >= 4 is 52.5 Å². The van der Waals surface area contributed by atoms with Crippen molar-refractivity contribution in [2.75, 3.05) is 17.2 Å². The summed E-state index contributed by atoms with van der Waals surface area (Å²) in [5, 5.41) is 14.6. The first-order valence-electron chi connectivity index (χ1n) is 11.1. The van der Waals surface area contributed by atoms with Crippen LogP contribution in [0.15, 0.2) is 24.5 Å². The third kappa shape index (κ3) is 4.17. The van der Waals surface area contributed by atoms with Gasteiger partial charge < -0.3 is 15.7 Å². The number of anilines is 2. The van der Waals surface area contributed by atoms with Crippen LogP contribution in [-0.2, 0) is 26.1 Å². The van der Waals surface area contributed by atoms with Crippen molar-refractivity contribution in [3.8, 4) is 0 Å². The molecule has 2 fully saturated rings. The maximum Gasteiger partial charge on any atom is 0.434 e. The second kappa shape index (κ2) is 8.93. The van der Waals surface area contributed by atoms with E-state index < -0.39 is 83.9 Å². The number of hydrogen-bond acceptors (Lipinski definition) is 6. The molecule has 17 heteroatoms. The highest BCUT2D eigenvalue weighted by molar-refractivity contribution is 6.38. The molecule has 2 aromatic rings.